The van der Waals surface area contributed by atoms with Gasteiger partial charge in [-0.15, -0.1) is 0 Å². The first kappa shape index (κ1) is 14.8. The van der Waals surface area contributed by atoms with E-state index in [2.05, 4.69) is 14.9 Å². The maximum Gasteiger partial charge on any atom is 0.433 e. The Morgan fingerprint density at radius 1 is 1.10 bits per heavy atom. The minimum atomic E-state index is -4.46. The van der Waals surface area contributed by atoms with Gasteiger partial charge in [-0.2, -0.15) is 18.2 Å². The summed E-state index contributed by atoms with van der Waals surface area (Å²) in [5.74, 6) is 0.415. The smallest absolute Gasteiger partial charge is 0.363 e. The van der Waals surface area contributed by atoms with Gasteiger partial charge in [-0.3, -0.25) is 0 Å². The molecule has 1 saturated heterocycles. The van der Waals surface area contributed by atoms with Crippen LogP contribution in [-0.4, -0.2) is 62.2 Å². The first-order chi connectivity index (χ1) is 9.27. The van der Waals surface area contributed by atoms with Gasteiger partial charge in [-0.25, -0.2) is 4.98 Å². The van der Waals surface area contributed by atoms with Crippen molar-refractivity contribution >= 4 is 11.8 Å². The van der Waals surface area contributed by atoms with E-state index in [4.69, 9.17) is 0 Å². The zero-order valence-corrected chi connectivity index (χ0v) is 11.8. The van der Waals surface area contributed by atoms with Crippen LogP contribution in [0.15, 0.2) is 6.07 Å². The molecule has 0 radical (unpaired) electrons. The number of hydrogen-bond donors (Lipinski definition) is 0. The molecule has 1 aliphatic rings. The zero-order valence-electron chi connectivity index (χ0n) is 11.8. The summed E-state index contributed by atoms with van der Waals surface area (Å²) < 4.78 is 38.7. The minimum Gasteiger partial charge on any atom is -0.363 e. The molecular weight excluding hydrogens is 271 g/mol. The lowest BCUT2D eigenvalue weighted by atomic mass is 10.3. The maximum atomic E-state index is 12.9. The van der Waals surface area contributed by atoms with Gasteiger partial charge in [-0.05, 0) is 7.05 Å². The Bertz CT molecular complexity index is 467. The van der Waals surface area contributed by atoms with Crippen LogP contribution >= 0.6 is 0 Å². The standard InChI is InChI=1S/C12H18F3N5/c1-18(2)10-8-9(12(13,14)15)16-11(17-10)20-6-4-19(3)5-7-20/h8H,4-7H2,1-3H3. The summed E-state index contributed by atoms with van der Waals surface area (Å²) in [5.41, 5.74) is -0.898. The van der Waals surface area contributed by atoms with E-state index in [1.54, 1.807) is 23.9 Å². The van der Waals surface area contributed by atoms with E-state index in [0.29, 0.717) is 13.1 Å². The van der Waals surface area contributed by atoms with Gasteiger partial charge < -0.3 is 14.7 Å². The number of alkyl halides is 3. The number of rotatable bonds is 2. The monoisotopic (exact) mass is 289 g/mol. The van der Waals surface area contributed by atoms with E-state index in [0.717, 1.165) is 19.2 Å². The summed E-state index contributed by atoms with van der Waals surface area (Å²) in [6.07, 6.45) is -4.46. The van der Waals surface area contributed by atoms with Gasteiger partial charge in [0.05, 0.1) is 0 Å². The molecule has 1 aromatic rings. The van der Waals surface area contributed by atoms with Crippen molar-refractivity contribution in [2.75, 3.05) is 57.1 Å². The van der Waals surface area contributed by atoms with Crippen LogP contribution < -0.4 is 9.80 Å². The van der Waals surface area contributed by atoms with Gasteiger partial charge in [0, 0.05) is 46.3 Å². The second-order valence-electron chi connectivity index (χ2n) is 5.09. The quantitative estimate of drug-likeness (QED) is 0.820. The largest absolute Gasteiger partial charge is 0.433 e. The lowest BCUT2D eigenvalue weighted by Gasteiger charge is -2.33. The van der Waals surface area contributed by atoms with Crippen molar-refractivity contribution < 1.29 is 13.2 Å². The molecule has 8 heteroatoms. The highest BCUT2D eigenvalue weighted by Gasteiger charge is 2.34. The van der Waals surface area contributed by atoms with Gasteiger partial charge in [0.1, 0.15) is 5.82 Å². The number of likely N-dealkylation sites (N-methyl/N-ethyl adjacent to an activating group) is 1. The molecule has 20 heavy (non-hydrogen) atoms. The molecule has 2 rings (SSSR count). The minimum absolute atomic E-state index is 0.150. The highest BCUT2D eigenvalue weighted by atomic mass is 19.4. The average molecular weight is 289 g/mol. The Hall–Kier alpha value is -1.57. The Labute approximate surface area is 116 Å². The lowest BCUT2D eigenvalue weighted by molar-refractivity contribution is -0.141. The first-order valence-corrected chi connectivity index (χ1v) is 6.34. The van der Waals surface area contributed by atoms with Crippen LogP contribution in [0.4, 0.5) is 24.9 Å². The van der Waals surface area contributed by atoms with Crippen LogP contribution in [-0.2, 0) is 6.18 Å². The number of nitrogens with zero attached hydrogens (tertiary/aromatic N) is 5. The predicted molar refractivity (Wildman–Crippen MR) is 71.1 cm³/mol. The van der Waals surface area contributed by atoms with Crippen molar-refractivity contribution in [3.8, 4) is 0 Å². The van der Waals surface area contributed by atoms with Crippen LogP contribution in [0.25, 0.3) is 0 Å². The van der Waals surface area contributed by atoms with Gasteiger partial charge in [0.2, 0.25) is 5.95 Å². The fraction of sp³-hybridized carbons (Fsp3) is 0.667. The summed E-state index contributed by atoms with van der Waals surface area (Å²) in [4.78, 5) is 13.4. The van der Waals surface area contributed by atoms with Crippen molar-refractivity contribution in [3.63, 3.8) is 0 Å². The topological polar surface area (TPSA) is 35.5 Å². The molecule has 0 unspecified atom stereocenters. The predicted octanol–water partition coefficient (Wildman–Crippen LogP) is 1.31. The van der Waals surface area contributed by atoms with E-state index in [9.17, 15) is 13.2 Å². The normalized spacial score (nSPS) is 17.4. The molecular formula is C12H18F3N5. The molecule has 1 aromatic heterocycles. The van der Waals surface area contributed by atoms with Crippen LogP contribution in [0.1, 0.15) is 5.69 Å². The fourth-order valence-corrected chi connectivity index (χ4v) is 1.94. The molecule has 1 aliphatic heterocycles. The molecule has 0 aliphatic carbocycles. The van der Waals surface area contributed by atoms with Crippen molar-refractivity contribution in [2.45, 2.75) is 6.18 Å². The van der Waals surface area contributed by atoms with Crippen molar-refractivity contribution in [3.05, 3.63) is 11.8 Å². The van der Waals surface area contributed by atoms with Crippen molar-refractivity contribution in [1.29, 1.82) is 0 Å². The summed E-state index contributed by atoms with van der Waals surface area (Å²) in [6, 6.07) is 0.972. The van der Waals surface area contributed by atoms with E-state index in [1.165, 1.54) is 0 Å². The maximum absolute atomic E-state index is 12.9. The number of piperazine rings is 1. The molecule has 1 fully saturated rings. The second-order valence-corrected chi connectivity index (χ2v) is 5.09. The number of aromatic nitrogens is 2. The summed E-state index contributed by atoms with van der Waals surface area (Å²) in [7, 11) is 5.31. The first-order valence-electron chi connectivity index (χ1n) is 6.34. The van der Waals surface area contributed by atoms with Crippen molar-refractivity contribution in [2.24, 2.45) is 0 Å². The third kappa shape index (κ3) is 3.30. The SMILES string of the molecule is CN1CCN(c2nc(N(C)C)cc(C(F)(F)F)n2)CC1. The molecule has 0 atom stereocenters. The van der Waals surface area contributed by atoms with E-state index < -0.39 is 11.9 Å². The van der Waals surface area contributed by atoms with Crippen LogP contribution in [0, 0.1) is 0 Å². The van der Waals surface area contributed by atoms with E-state index in [1.807, 2.05) is 7.05 Å². The average Bonchev–Trinajstić information content (AvgIpc) is 2.38. The zero-order chi connectivity index (χ0) is 14.9. The van der Waals surface area contributed by atoms with Crippen LogP contribution in [0.5, 0.6) is 0 Å². The van der Waals surface area contributed by atoms with Gasteiger partial charge in [0.25, 0.3) is 0 Å². The van der Waals surface area contributed by atoms with Gasteiger partial charge in [0.15, 0.2) is 5.69 Å². The molecule has 0 saturated carbocycles. The molecule has 0 N–H and O–H groups in total. The third-order valence-corrected chi connectivity index (χ3v) is 3.24. The number of halogens is 3. The summed E-state index contributed by atoms with van der Waals surface area (Å²) >= 11 is 0. The van der Waals surface area contributed by atoms with E-state index >= 15 is 0 Å². The highest BCUT2D eigenvalue weighted by Crippen LogP contribution is 2.31. The van der Waals surface area contributed by atoms with Crippen molar-refractivity contribution in [1.82, 2.24) is 14.9 Å². The van der Waals surface area contributed by atoms with Crippen LogP contribution in [0.3, 0.4) is 0 Å². The number of hydrogen-bond acceptors (Lipinski definition) is 5. The molecule has 112 valence electrons. The highest BCUT2D eigenvalue weighted by molar-refractivity contribution is 5.45. The molecule has 0 bridgehead atoms. The Balaban J connectivity index is 2.34. The molecule has 0 spiro atoms. The second kappa shape index (κ2) is 5.43. The van der Waals surface area contributed by atoms with Gasteiger partial charge in [-0.1, -0.05) is 0 Å². The number of anilines is 2. The Morgan fingerprint density at radius 2 is 1.70 bits per heavy atom. The third-order valence-electron chi connectivity index (χ3n) is 3.24. The molecule has 0 amide bonds. The Kier molecular flexibility index (Phi) is 4.03. The molecule has 0 aromatic carbocycles. The molecule has 5 nitrogen and oxygen atoms in total. The Morgan fingerprint density at radius 3 is 2.20 bits per heavy atom. The van der Waals surface area contributed by atoms with Crippen LogP contribution in [0.2, 0.25) is 0 Å². The fourth-order valence-electron chi connectivity index (χ4n) is 1.94. The van der Waals surface area contributed by atoms with Gasteiger partial charge >= 0.3 is 6.18 Å². The molecule has 2 heterocycles. The lowest BCUT2D eigenvalue weighted by Crippen LogP contribution is -2.45. The summed E-state index contributed by atoms with van der Waals surface area (Å²) in [6.45, 7) is 2.84. The van der Waals surface area contributed by atoms with E-state index in [-0.39, 0.29) is 11.8 Å². The summed E-state index contributed by atoms with van der Waals surface area (Å²) in [5, 5.41) is 0.